The lowest BCUT2D eigenvalue weighted by atomic mass is 9.96. The van der Waals surface area contributed by atoms with Gasteiger partial charge in [-0.1, -0.05) is 0 Å². The van der Waals surface area contributed by atoms with E-state index in [1.165, 1.54) is 5.56 Å². The first kappa shape index (κ1) is 20.5. The van der Waals surface area contributed by atoms with E-state index in [4.69, 9.17) is 19.2 Å². The van der Waals surface area contributed by atoms with Crippen LogP contribution in [0.1, 0.15) is 35.6 Å². The first-order valence-electron chi connectivity index (χ1n) is 11.3. The van der Waals surface area contributed by atoms with E-state index in [9.17, 15) is 5.11 Å². The Bertz CT molecular complexity index is 1070. The maximum absolute atomic E-state index is 10.7. The molecule has 1 aliphatic heterocycles. The van der Waals surface area contributed by atoms with Crippen molar-refractivity contribution < 1.29 is 14.3 Å². The van der Waals surface area contributed by atoms with Gasteiger partial charge < -0.3 is 19.6 Å². The van der Waals surface area contributed by atoms with Gasteiger partial charge in [0, 0.05) is 49.1 Å². The van der Waals surface area contributed by atoms with Crippen LogP contribution in [0.4, 0.5) is 5.82 Å². The summed E-state index contributed by atoms with van der Waals surface area (Å²) in [4.78, 5) is 7.18. The van der Waals surface area contributed by atoms with Crippen molar-refractivity contribution in [2.45, 2.75) is 45.6 Å². The Morgan fingerprint density at radius 1 is 1.16 bits per heavy atom. The number of aliphatic hydroxyl groups is 1. The monoisotopic (exact) mass is 425 g/mol. The Hall–Kier alpha value is -2.42. The van der Waals surface area contributed by atoms with Gasteiger partial charge in [-0.05, 0) is 45.6 Å². The van der Waals surface area contributed by atoms with Crippen LogP contribution in [0, 0.1) is 13.8 Å². The number of rotatable bonds is 6. The van der Waals surface area contributed by atoms with E-state index < -0.39 is 6.10 Å². The number of aliphatic hydroxyl groups excluding tert-OH is 1. The summed E-state index contributed by atoms with van der Waals surface area (Å²) in [6.07, 6.45) is 3.82. The zero-order valence-corrected chi connectivity index (χ0v) is 18.4. The number of nitrogens with one attached hydrogen (secondary N) is 1. The van der Waals surface area contributed by atoms with Gasteiger partial charge >= 0.3 is 0 Å². The largest absolute Gasteiger partial charge is 0.466 e. The fourth-order valence-electron chi connectivity index (χ4n) is 4.71. The van der Waals surface area contributed by atoms with Crippen LogP contribution in [-0.4, -0.2) is 70.1 Å². The molecule has 3 aromatic rings. The molecule has 0 saturated carbocycles. The molecule has 5 rings (SSSR count). The summed E-state index contributed by atoms with van der Waals surface area (Å²) < 4.78 is 13.0. The van der Waals surface area contributed by atoms with E-state index >= 15 is 0 Å². The highest BCUT2D eigenvalue weighted by Gasteiger charge is 2.22. The van der Waals surface area contributed by atoms with Crippen molar-refractivity contribution in [2.24, 2.45) is 0 Å². The predicted molar refractivity (Wildman–Crippen MR) is 119 cm³/mol. The summed E-state index contributed by atoms with van der Waals surface area (Å²) in [6.45, 7) is 8.25. The van der Waals surface area contributed by atoms with E-state index in [-0.39, 0.29) is 0 Å². The normalized spacial score (nSPS) is 18.3. The third kappa shape index (κ3) is 4.20. The van der Waals surface area contributed by atoms with Crippen LogP contribution >= 0.6 is 0 Å². The van der Waals surface area contributed by atoms with Crippen molar-refractivity contribution in [1.29, 1.82) is 0 Å². The molecular weight excluding hydrogens is 394 g/mol. The number of fused-ring (bicyclic) bond motifs is 2. The Morgan fingerprint density at radius 3 is 2.74 bits per heavy atom. The van der Waals surface area contributed by atoms with Crippen LogP contribution in [0.25, 0.3) is 16.9 Å². The van der Waals surface area contributed by atoms with Gasteiger partial charge in [0.15, 0.2) is 5.65 Å². The van der Waals surface area contributed by atoms with Crippen LogP contribution in [-0.2, 0) is 17.6 Å². The smallest absolute Gasteiger partial charge is 0.158 e. The molecule has 2 aliphatic rings. The summed E-state index contributed by atoms with van der Waals surface area (Å²) in [7, 11) is 0. The van der Waals surface area contributed by atoms with Crippen molar-refractivity contribution in [3.63, 3.8) is 0 Å². The molecule has 0 radical (unpaired) electrons. The van der Waals surface area contributed by atoms with Gasteiger partial charge in [-0.15, -0.1) is 0 Å². The SMILES string of the molecule is Cc1cc(-c2cc3nc4c(c(NC[C@H](O)CN5CCOCC5)n3n2)CCCC4)c(C)o1. The third-order valence-electron chi connectivity index (χ3n) is 6.27. The molecule has 4 heterocycles. The zero-order valence-electron chi connectivity index (χ0n) is 18.4. The maximum atomic E-state index is 10.7. The van der Waals surface area contributed by atoms with Crippen molar-refractivity contribution in [1.82, 2.24) is 19.5 Å². The highest BCUT2D eigenvalue weighted by Crippen LogP contribution is 2.31. The highest BCUT2D eigenvalue weighted by atomic mass is 16.5. The summed E-state index contributed by atoms with van der Waals surface area (Å²) in [5.74, 6) is 2.70. The molecular formula is C23H31N5O3. The van der Waals surface area contributed by atoms with Gasteiger partial charge in [0.2, 0.25) is 0 Å². The van der Waals surface area contributed by atoms with E-state index in [1.54, 1.807) is 0 Å². The predicted octanol–water partition coefficient (Wildman–Crippen LogP) is 2.59. The van der Waals surface area contributed by atoms with Crippen molar-refractivity contribution in [3.8, 4) is 11.3 Å². The highest BCUT2D eigenvalue weighted by molar-refractivity contribution is 5.68. The molecule has 3 aromatic heterocycles. The van der Waals surface area contributed by atoms with Gasteiger partial charge in [0.1, 0.15) is 17.3 Å². The summed E-state index contributed by atoms with van der Waals surface area (Å²) in [6, 6.07) is 4.05. The molecule has 31 heavy (non-hydrogen) atoms. The maximum Gasteiger partial charge on any atom is 0.158 e. The molecule has 8 nitrogen and oxygen atoms in total. The summed E-state index contributed by atoms with van der Waals surface area (Å²) >= 11 is 0. The van der Waals surface area contributed by atoms with Gasteiger partial charge in [0.25, 0.3) is 0 Å². The van der Waals surface area contributed by atoms with Crippen LogP contribution < -0.4 is 5.32 Å². The molecule has 1 fully saturated rings. The Kier molecular flexibility index (Phi) is 5.69. The van der Waals surface area contributed by atoms with Crippen LogP contribution in [0.5, 0.6) is 0 Å². The molecule has 166 valence electrons. The summed E-state index contributed by atoms with van der Waals surface area (Å²) in [5, 5.41) is 19.1. The molecule has 0 amide bonds. The minimum atomic E-state index is -0.464. The number of anilines is 1. The average Bonchev–Trinajstić information content (AvgIpc) is 3.33. The van der Waals surface area contributed by atoms with Gasteiger partial charge in [-0.3, -0.25) is 4.90 Å². The fourth-order valence-corrected chi connectivity index (χ4v) is 4.71. The molecule has 2 N–H and O–H groups in total. The topological polar surface area (TPSA) is 88.1 Å². The molecule has 1 saturated heterocycles. The number of aromatic nitrogens is 3. The molecule has 0 spiro atoms. The van der Waals surface area contributed by atoms with Gasteiger partial charge in [0.05, 0.1) is 25.0 Å². The molecule has 8 heteroatoms. The molecule has 0 bridgehead atoms. The molecule has 1 aliphatic carbocycles. The fraction of sp³-hybridized carbons (Fsp3) is 0.565. The van der Waals surface area contributed by atoms with E-state index in [2.05, 4.69) is 10.2 Å². The Morgan fingerprint density at radius 2 is 1.97 bits per heavy atom. The van der Waals surface area contributed by atoms with Gasteiger partial charge in [-0.2, -0.15) is 9.61 Å². The quantitative estimate of drug-likeness (QED) is 0.628. The molecule has 1 atom stereocenters. The Labute approximate surface area is 182 Å². The number of morpholine rings is 1. The van der Waals surface area contributed by atoms with Gasteiger partial charge in [-0.25, -0.2) is 4.98 Å². The van der Waals surface area contributed by atoms with Crippen LogP contribution in [0.3, 0.4) is 0 Å². The first-order chi connectivity index (χ1) is 15.1. The number of aryl methyl sites for hydroxylation is 3. The van der Waals surface area contributed by atoms with Crippen molar-refractivity contribution in [3.05, 3.63) is 34.9 Å². The standard InChI is InChI=1S/C23H31N5O3/c1-15-11-19(16(2)31-15)21-12-22-25-20-6-4-3-5-18(20)23(28(22)26-21)24-13-17(29)14-27-7-9-30-10-8-27/h11-12,17,24,29H,3-10,13-14H2,1-2H3/t17-/m0/s1. The number of β-amino-alcohol motifs (C(OH)–C–C–N with tert-alkyl or cyclic N) is 1. The van der Waals surface area contributed by atoms with Crippen LogP contribution in [0.15, 0.2) is 16.5 Å². The number of hydrogen-bond donors (Lipinski definition) is 2. The number of nitrogens with zero attached hydrogens (tertiary/aromatic N) is 4. The first-order valence-corrected chi connectivity index (χ1v) is 11.3. The van der Waals surface area contributed by atoms with Crippen molar-refractivity contribution in [2.75, 3.05) is 44.7 Å². The second kappa shape index (κ2) is 8.61. The van der Waals surface area contributed by atoms with Crippen LogP contribution in [0.2, 0.25) is 0 Å². The lowest BCUT2D eigenvalue weighted by Gasteiger charge is -2.29. The summed E-state index contributed by atoms with van der Waals surface area (Å²) in [5.41, 5.74) is 5.07. The number of furan rings is 1. The number of ether oxygens (including phenoxy) is 1. The minimum absolute atomic E-state index is 0.464. The molecule has 0 unspecified atom stereocenters. The number of hydrogen-bond acceptors (Lipinski definition) is 7. The zero-order chi connectivity index (χ0) is 21.4. The van der Waals surface area contributed by atoms with E-state index in [1.807, 2.05) is 30.5 Å². The van der Waals surface area contributed by atoms with Crippen molar-refractivity contribution >= 4 is 11.5 Å². The molecule has 0 aromatic carbocycles. The second-order valence-corrected chi connectivity index (χ2v) is 8.67. The minimum Gasteiger partial charge on any atom is -0.466 e. The van der Waals surface area contributed by atoms with E-state index in [0.717, 1.165) is 91.9 Å². The lowest BCUT2D eigenvalue weighted by Crippen LogP contribution is -2.42. The van der Waals surface area contributed by atoms with E-state index in [0.29, 0.717) is 13.1 Å². The lowest BCUT2D eigenvalue weighted by molar-refractivity contribution is 0.0171. The average molecular weight is 426 g/mol. The Balaban J connectivity index is 1.44. The third-order valence-corrected chi connectivity index (χ3v) is 6.27. The second-order valence-electron chi connectivity index (χ2n) is 8.67.